The van der Waals surface area contributed by atoms with Gasteiger partial charge in [-0.1, -0.05) is 25.2 Å². The van der Waals surface area contributed by atoms with Crippen LogP contribution in [0.25, 0.3) is 0 Å². The normalized spacial score (nSPS) is 24.6. The number of rotatable bonds is 4. The van der Waals surface area contributed by atoms with E-state index in [1.165, 1.54) is 30.6 Å². The average molecular weight is 308 g/mol. The van der Waals surface area contributed by atoms with Crippen LogP contribution in [0.5, 0.6) is 0 Å². The second-order valence-electron chi connectivity index (χ2n) is 7.08. The molecule has 4 N–H and O–H groups in total. The van der Waals surface area contributed by atoms with E-state index in [0.29, 0.717) is 22.2 Å². The van der Waals surface area contributed by atoms with E-state index in [4.69, 9.17) is 5.73 Å². The predicted octanol–water partition coefficient (Wildman–Crippen LogP) is 3.00. The fourth-order valence-corrected chi connectivity index (χ4v) is 3.96. The van der Waals surface area contributed by atoms with Crippen molar-refractivity contribution in [1.29, 1.82) is 0 Å². The molecule has 5 nitrogen and oxygen atoms in total. The van der Waals surface area contributed by atoms with Gasteiger partial charge in [-0.3, -0.25) is 4.79 Å². The molecule has 0 spiro atoms. The van der Waals surface area contributed by atoms with E-state index < -0.39 is 0 Å². The summed E-state index contributed by atoms with van der Waals surface area (Å²) in [5, 5.41) is 7.23. The van der Waals surface area contributed by atoms with Gasteiger partial charge in [-0.25, -0.2) is 4.98 Å². The van der Waals surface area contributed by atoms with Gasteiger partial charge in [-0.2, -0.15) is 0 Å². The summed E-state index contributed by atoms with van der Waals surface area (Å²) in [6.07, 6.45) is 6.86. The summed E-state index contributed by atoms with van der Waals surface area (Å²) >= 11 is 1.37. The lowest BCUT2D eigenvalue weighted by molar-refractivity contribution is 0.0941. The molecule has 2 aliphatic carbocycles. The second-order valence-corrected chi connectivity index (χ2v) is 8.08. The highest BCUT2D eigenvalue weighted by Crippen LogP contribution is 2.37. The fourth-order valence-electron chi connectivity index (χ4n) is 3.09. The van der Waals surface area contributed by atoms with E-state index >= 15 is 0 Å². The van der Waals surface area contributed by atoms with Crippen molar-refractivity contribution in [2.24, 2.45) is 5.41 Å². The molecule has 0 aromatic carbocycles. The number of nitrogens with one attached hydrogen (secondary N) is 2. The quantitative estimate of drug-likeness (QED) is 0.799. The highest BCUT2D eigenvalue weighted by atomic mass is 32.1. The summed E-state index contributed by atoms with van der Waals surface area (Å²) in [6, 6.07) is 0.763. The van der Waals surface area contributed by atoms with Crippen LogP contribution in [-0.2, 0) is 0 Å². The van der Waals surface area contributed by atoms with Gasteiger partial charge in [-0.05, 0) is 43.9 Å². The zero-order chi connectivity index (χ0) is 15.0. The molecule has 1 aromatic heterocycles. The van der Waals surface area contributed by atoms with Crippen molar-refractivity contribution in [3.05, 3.63) is 4.88 Å². The Bertz CT molecular complexity index is 536. The maximum Gasteiger partial charge on any atom is 0.265 e. The lowest BCUT2D eigenvalue weighted by Gasteiger charge is -2.25. The first-order chi connectivity index (χ1) is 9.93. The molecule has 0 saturated heterocycles. The van der Waals surface area contributed by atoms with Crippen LogP contribution in [0.3, 0.4) is 0 Å². The number of carbonyl (C=O) groups is 1. The minimum absolute atomic E-state index is 0.0747. The SMILES string of the molecule is CC1(C)CCC(NC(=O)c2sc(NC3CCC3)nc2N)C1. The van der Waals surface area contributed by atoms with Crippen molar-refractivity contribution in [2.75, 3.05) is 11.1 Å². The standard InChI is InChI=1S/C15H24N4OS/c1-15(2)7-6-10(8-15)17-13(20)11-12(16)19-14(21-11)18-9-4-3-5-9/h9-10H,3-8,16H2,1-2H3,(H,17,20)(H,18,19). The number of carbonyl (C=O) groups excluding carboxylic acids is 1. The Kier molecular flexibility index (Phi) is 3.82. The van der Waals surface area contributed by atoms with Gasteiger partial charge in [-0.15, -0.1) is 0 Å². The second kappa shape index (κ2) is 5.48. The molecule has 1 heterocycles. The van der Waals surface area contributed by atoms with Crippen molar-refractivity contribution in [3.63, 3.8) is 0 Å². The van der Waals surface area contributed by atoms with Crippen molar-refractivity contribution >= 4 is 28.2 Å². The Morgan fingerprint density at radius 2 is 2.10 bits per heavy atom. The number of nitrogen functional groups attached to an aromatic ring is 1. The third-order valence-electron chi connectivity index (χ3n) is 4.60. The minimum atomic E-state index is -0.0747. The van der Waals surface area contributed by atoms with Gasteiger partial charge >= 0.3 is 0 Å². The Morgan fingerprint density at radius 1 is 1.33 bits per heavy atom. The smallest absolute Gasteiger partial charge is 0.265 e. The zero-order valence-corrected chi connectivity index (χ0v) is 13.6. The third-order valence-corrected chi connectivity index (χ3v) is 5.60. The van der Waals surface area contributed by atoms with E-state index in [9.17, 15) is 4.79 Å². The van der Waals surface area contributed by atoms with Crippen LogP contribution in [0.4, 0.5) is 10.9 Å². The maximum atomic E-state index is 12.4. The number of nitrogens with two attached hydrogens (primary N) is 1. The molecular formula is C15H24N4OS. The lowest BCUT2D eigenvalue weighted by Crippen LogP contribution is -2.33. The first-order valence-electron chi connectivity index (χ1n) is 7.77. The van der Waals surface area contributed by atoms with E-state index in [0.717, 1.165) is 24.4 Å². The van der Waals surface area contributed by atoms with E-state index in [-0.39, 0.29) is 11.9 Å². The maximum absolute atomic E-state index is 12.4. The summed E-state index contributed by atoms with van der Waals surface area (Å²) in [6.45, 7) is 4.50. The highest BCUT2D eigenvalue weighted by Gasteiger charge is 2.32. The van der Waals surface area contributed by atoms with Gasteiger partial charge in [0.05, 0.1) is 0 Å². The van der Waals surface area contributed by atoms with Crippen molar-refractivity contribution in [2.45, 2.75) is 64.5 Å². The number of thiazole rings is 1. The van der Waals surface area contributed by atoms with E-state index in [1.54, 1.807) is 0 Å². The van der Waals surface area contributed by atoms with Gasteiger partial charge in [0.25, 0.3) is 5.91 Å². The zero-order valence-electron chi connectivity index (χ0n) is 12.7. The third kappa shape index (κ3) is 3.31. The predicted molar refractivity (Wildman–Crippen MR) is 86.7 cm³/mol. The first kappa shape index (κ1) is 14.6. The van der Waals surface area contributed by atoms with Crippen LogP contribution in [0, 0.1) is 5.41 Å². The number of anilines is 2. The molecule has 21 heavy (non-hydrogen) atoms. The van der Waals surface area contributed by atoms with Crippen LogP contribution in [0.1, 0.15) is 62.0 Å². The Balaban J connectivity index is 1.61. The van der Waals surface area contributed by atoms with Crippen molar-refractivity contribution in [1.82, 2.24) is 10.3 Å². The van der Waals surface area contributed by atoms with Gasteiger partial charge in [0.15, 0.2) is 5.13 Å². The number of amides is 1. The van der Waals surface area contributed by atoms with Gasteiger partial charge in [0.1, 0.15) is 10.7 Å². The van der Waals surface area contributed by atoms with Crippen LogP contribution < -0.4 is 16.4 Å². The van der Waals surface area contributed by atoms with Crippen LogP contribution >= 0.6 is 11.3 Å². The van der Waals surface area contributed by atoms with Crippen LogP contribution in [-0.4, -0.2) is 23.0 Å². The van der Waals surface area contributed by atoms with Gasteiger partial charge < -0.3 is 16.4 Å². The Hall–Kier alpha value is -1.30. The highest BCUT2D eigenvalue weighted by molar-refractivity contribution is 7.18. The molecule has 0 radical (unpaired) electrons. The summed E-state index contributed by atoms with van der Waals surface area (Å²) < 4.78 is 0. The molecule has 3 rings (SSSR count). The van der Waals surface area contributed by atoms with E-state index in [1.807, 2.05) is 0 Å². The molecule has 2 fully saturated rings. The summed E-state index contributed by atoms with van der Waals surface area (Å²) in [5.41, 5.74) is 6.23. The largest absolute Gasteiger partial charge is 0.382 e. The van der Waals surface area contributed by atoms with Gasteiger partial charge in [0.2, 0.25) is 0 Å². The van der Waals surface area contributed by atoms with E-state index in [2.05, 4.69) is 29.5 Å². The molecule has 1 atom stereocenters. The molecule has 2 aliphatic rings. The molecule has 6 heteroatoms. The summed E-state index contributed by atoms with van der Waals surface area (Å²) in [5.74, 6) is 0.269. The number of hydrogen-bond acceptors (Lipinski definition) is 5. The fraction of sp³-hybridized carbons (Fsp3) is 0.733. The molecule has 2 saturated carbocycles. The number of hydrogen-bond donors (Lipinski definition) is 3. The summed E-state index contributed by atoms with van der Waals surface area (Å²) in [7, 11) is 0. The minimum Gasteiger partial charge on any atom is -0.382 e. The lowest BCUT2D eigenvalue weighted by atomic mass is 9.92. The summed E-state index contributed by atoms with van der Waals surface area (Å²) in [4.78, 5) is 17.2. The van der Waals surface area contributed by atoms with Gasteiger partial charge in [0, 0.05) is 12.1 Å². The van der Waals surface area contributed by atoms with Crippen molar-refractivity contribution in [3.8, 4) is 0 Å². The number of nitrogens with zero attached hydrogens (tertiary/aromatic N) is 1. The molecule has 0 aliphatic heterocycles. The molecule has 1 unspecified atom stereocenters. The molecule has 1 aromatic rings. The molecule has 116 valence electrons. The molecule has 0 bridgehead atoms. The molecular weight excluding hydrogens is 284 g/mol. The first-order valence-corrected chi connectivity index (χ1v) is 8.58. The Labute approximate surface area is 129 Å². The topological polar surface area (TPSA) is 80.0 Å². The van der Waals surface area contributed by atoms with Crippen LogP contribution in [0.2, 0.25) is 0 Å². The Morgan fingerprint density at radius 3 is 2.67 bits per heavy atom. The van der Waals surface area contributed by atoms with Crippen LogP contribution in [0.15, 0.2) is 0 Å². The number of aromatic nitrogens is 1. The van der Waals surface area contributed by atoms with Crippen molar-refractivity contribution < 1.29 is 4.79 Å². The average Bonchev–Trinajstić information content (AvgIpc) is 2.87. The molecule has 1 amide bonds. The monoisotopic (exact) mass is 308 g/mol.